The first-order chi connectivity index (χ1) is 28.8. The fraction of sp³-hybridized carbons (Fsp3) is 0.356. The topological polar surface area (TPSA) is 135 Å². The fourth-order valence-corrected chi connectivity index (χ4v) is 12.6. The zero-order chi connectivity index (χ0) is 41.9. The largest absolute Gasteiger partial charge is 0.504 e. The Labute approximate surface area is 368 Å². The van der Waals surface area contributed by atoms with Crippen LogP contribution in [-0.2, 0) is 31.0 Å². The highest BCUT2D eigenvalue weighted by molar-refractivity contribution is 14.1. The molecule has 1 saturated carbocycles. The number of phenolic OH excluding ortho intramolecular Hbond substituents is 1. The number of rotatable bonds is 6. The van der Waals surface area contributed by atoms with Crippen molar-refractivity contribution >= 4 is 96.4 Å². The van der Waals surface area contributed by atoms with Gasteiger partial charge in [-0.1, -0.05) is 23.3 Å². The van der Waals surface area contributed by atoms with Crippen LogP contribution in [-0.4, -0.2) is 71.9 Å². The first-order valence-corrected chi connectivity index (χ1v) is 22.3. The fourth-order valence-electron chi connectivity index (χ4n) is 10.6. The molecule has 15 heteroatoms. The van der Waals surface area contributed by atoms with E-state index in [0.29, 0.717) is 51.0 Å². The number of imide groups is 2. The van der Waals surface area contributed by atoms with Gasteiger partial charge >= 0.3 is 0 Å². The van der Waals surface area contributed by atoms with Gasteiger partial charge in [0.15, 0.2) is 11.5 Å². The van der Waals surface area contributed by atoms with E-state index in [4.69, 9.17) is 26.2 Å². The first-order valence-electron chi connectivity index (χ1n) is 20.0. The Balaban J connectivity index is 1.05. The highest BCUT2D eigenvalue weighted by Gasteiger charge is 2.68. The minimum Gasteiger partial charge on any atom is -0.504 e. The molecule has 4 fully saturated rings. The number of carbonyl (C=O) groups excluding carboxylic acids is 4. The van der Waals surface area contributed by atoms with Gasteiger partial charge in [-0.05, 0) is 126 Å². The third-order valence-electron chi connectivity index (χ3n) is 13.6. The zero-order valence-corrected chi connectivity index (χ0v) is 37.0. The van der Waals surface area contributed by atoms with Crippen LogP contribution in [0.3, 0.4) is 0 Å². The third kappa shape index (κ3) is 5.73. The summed E-state index contributed by atoms with van der Waals surface area (Å²) in [7, 11) is 3.20. The summed E-state index contributed by atoms with van der Waals surface area (Å²) in [5.74, 6) is -4.16. The van der Waals surface area contributed by atoms with Gasteiger partial charge in [0.1, 0.15) is 11.5 Å². The molecule has 5 aliphatic rings. The average Bonchev–Trinajstić information content (AvgIpc) is 3.92. The predicted molar refractivity (Wildman–Crippen MR) is 238 cm³/mol. The lowest BCUT2D eigenvalue weighted by atomic mass is 9.51. The van der Waals surface area contributed by atoms with E-state index >= 15 is 9.59 Å². The van der Waals surface area contributed by atoms with E-state index in [9.17, 15) is 14.7 Å². The standard InChI is InChI=1S/C45H41ClIN5O7S/c1-22-29-19-24(46)5-12-35(29)60-40(22)33-21-36(49(3)48-33)52-42(55)31-20-30-27(38(45(31,2)44(52)57)23-17-32(47)39(53)34(18-23)58-4)10-11-28-37(30)43(56)51(41(28)54)26-8-6-25(7-9-26)50-13-15-59-16-14-50/h5-10,12,17-19,21,28,30-31,37-38,53H,11,13-16,20H2,1-4H3/t28-,30+,31-,37-,38-,45+/m0/s1. The van der Waals surface area contributed by atoms with Crippen molar-refractivity contribution in [3.63, 3.8) is 0 Å². The molecular formula is C45H41ClIN5O7S. The van der Waals surface area contributed by atoms with Crippen LogP contribution < -0.4 is 19.4 Å². The minimum atomic E-state index is -1.30. The summed E-state index contributed by atoms with van der Waals surface area (Å²) in [4.78, 5) is 65.1. The smallest absolute Gasteiger partial charge is 0.242 e. The van der Waals surface area contributed by atoms with E-state index in [0.717, 1.165) is 44.9 Å². The van der Waals surface area contributed by atoms with E-state index in [-0.39, 0.29) is 41.5 Å². The van der Waals surface area contributed by atoms with Crippen LogP contribution in [0.15, 0.2) is 72.3 Å². The second kappa shape index (κ2) is 14.4. The average molecular weight is 958 g/mol. The maximum Gasteiger partial charge on any atom is 0.242 e. The number of benzene rings is 3. The van der Waals surface area contributed by atoms with Crippen molar-refractivity contribution in [2.75, 3.05) is 48.1 Å². The molecule has 3 aliphatic heterocycles. The molecule has 5 aromatic rings. The number of methoxy groups -OCH3 is 1. The third-order valence-corrected chi connectivity index (χ3v) is 15.9. The number of hydrogen-bond acceptors (Lipinski definition) is 10. The number of fused-ring (bicyclic) bond motifs is 5. The van der Waals surface area contributed by atoms with Crippen molar-refractivity contribution in [1.82, 2.24) is 9.78 Å². The molecule has 10 rings (SSSR count). The lowest BCUT2D eigenvalue weighted by molar-refractivity contribution is -0.131. The predicted octanol–water partition coefficient (Wildman–Crippen LogP) is 7.85. The number of aryl methyl sites for hydroxylation is 2. The Bertz CT molecular complexity index is 2710. The normalized spacial score (nSPS) is 26.5. The zero-order valence-electron chi connectivity index (χ0n) is 33.3. The molecule has 3 saturated heterocycles. The Morgan fingerprint density at radius 1 is 0.950 bits per heavy atom. The molecule has 6 atom stereocenters. The SMILES string of the molecule is COc1cc([C@H]2C3=CC[C@@H]4C(=O)N(c5ccc(N6CCOCC6)cc5)C(=O)[C@@H]4[C@@H]3C[C@H]3C(=O)N(c4cc(-c5sc6ccc(Cl)cc6c5C)nn4C)C(=O)[C@@]23C)cc(I)c1O. The summed E-state index contributed by atoms with van der Waals surface area (Å²) in [6.45, 7) is 6.65. The van der Waals surface area contributed by atoms with Crippen molar-refractivity contribution < 1.29 is 33.8 Å². The number of phenols is 1. The van der Waals surface area contributed by atoms with E-state index < -0.39 is 35.0 Å². The Morgan fingerprint density at radius 3 is 2.42 bits per heavy atom. The van der Waals surface area contributed by atoms with E-state index in [1.54, 1.807) is 35.2 Å². The number of anilines is 3. The van der Waals surface area contributed by atoms with Crippen LogP contribution in [0.2, 0.25) is 5.02 Å². The van der Waals surface area contributed by atoms with Crippen LogP contribution in [0.25, 0.3) is 20.7 Å². The second-order valence-electron chi connectivity index (χ2n) is 16.6. The molecule has 12 nitrogen and oxygen atoms in total. The van der Waals surface area contributed by atoms with Gasteiger partial charge in [-0.2, -0.15) is 5.10 Å². The molecule has 2 aromatic heterocycles. The number of nitrogens with zero attached hydrogens (tertiary/aromatic N) is 5. The van der Waals surface area contributed by atoms with Gasteiger partial charge in [0.2, 0.25) is 23.6 Å². The van der Waals surface area contributed by atoms with Crippen molar-refractivity contribution in [3.05, 3.63) is 92.0 Å². The highest BCUT2D eigenvalue weighted by atomic mass is 127. The van der Waals surface area contributed by atoms with Crippen molar-refractivity contribution in [2.24, 2.45) is 36.1 Å². The molecule has 5 heterocycles. The number of aromatic hydroxyl groups is 1. The number of morpholine rings is 1. The molecule has 308 valence electrons. The molecule has 0 unspecified atom stereocenters. The lowest BCUT2D eigenvalue weighted by Crippen LogP contribution is -2.49. The van der Waals surface area contributed by atoms with E-state index in [1.165, 1.54) is 16.9 Å². The van der Waals surface area contributed by atoms with Crippen molar-refractivity contribution in [1.29, 1.82) is 0 Å². The van der Waals surface area contributed by atoms with Gasteiger partial charge < -0.3 is 19.5 Å². The van der Waals surface area contributed by atoms with Gasteiger partial charge in [0.25, 0.3) is 0 Å². The summed E-state index contributed by atoms with van der Waals surface area (Å²) in [5, 5.41) is 17.4. The van der Waals surface area contributed by atoms with Gasteiger partial charge in [0.05, 0.1) is 57.6 Å². The van der Waals surface area contributed by atoms with E-state index in [1.807, 2.05) is 91.0 Å². The number of hydrogen-bond donors (Lipinski definition) is 1. The number of allylic oxidation sites excluding steroid dienone is 2. The lowest BCUT2D eigenvalue weighted by Gasteiger charge is -2.49. The Kier molecular flexibility index (Phi) is 9.46. The first kappa shape index (κ1) is 39.4. The maximum atomic E-state index is 15.3. The number of thiophene rings is 1. The van der Waals surface area contributed by atoms with Crippen molar-refractivity contribution in [3.8, 4) is 22.1 Å². The Hall–Kier alpha value is -4.77. The molecule has 4 amide bonds. The summed E-state index contributed by atoms with van der Waals surface area (Å²) < 4.78 is 14.3. The van der Waals surface area contributed by atoms with Gasteiger partial charge in [0, 0.05) is 47.5 Å². The molecule has 0 radical (unpaired) electrons. The number of aromatic nitrogens is 2. The highest BCUT2D eigenvalue weighted by Crippen LogP contribution is 2.64. The van der Waals surface area contributed by atoms with E-state index in [2.05, 4.69) is 4.90 Å². The monoisotopic (exact) mass is 957 g/mol. The Morgan fingerprint density at radius 2 is 1.68 bits per heavy atom. The second-order valence-corrected chi connectivity index (χ2v) is 19.2. The summed E-state index contributed by atoms with van der Waals surface area (Å²) in [6, 6.07) is 18.6. The van der Waals surface area contributed by atoms with Crippen molar-refractivity contribution in [2.45, 2.75) is 32.6 Å². The van der Waals surface area contributed by atoms with Crippen LogP contribution in [0.5, 0.6) is 11.5 Å². The molecule has 3 aromatic carbocycles. The van der Waals surface area contributed by atoms with Gasteiger partial charge in [-0.25, -0.2) is 4.90 Å². The molecule has 0 spiro atoms. The molecular weight excluding hydrogens is 917 g/mol. The van der Waals surface area contributed by atoms with Gasteiger partial charge in [-0.15, -0.1) is 11.3 Å². The number of halogens is 2. The molecule has 2 aliphatic carbocycles. The number of amides is 4. The van der Waals surface area contributed by atoms with Crippen LogP contribution in [0.4, 0.5) is 17.2 Å². The maximum absolute atomic E-state index is 15.3. The molecule has 1 N–H and O–H groups in total. The van der Waals surface area contributed by atoms with Crippen LogP contribution in [0.1, 0.15) is 36.8 Å². The minimum absolute atomic E-state index is 0.0304. The van der Waals surface area contributed by atoms with Gasteiger partial charge in [-0.3, -0.25) is 28.8 Å². The summed E-state index contributed by atoms with van der Waals surface area (Å²) in [5.41, 5.74) is 3.36. The quantitative estimate of drug-likeness (QED) is 0.103. The summed E-state index contributed by atoms with van der Waals surface area (Å²) in [6.07, 6.45) is 2.54. The number of carbonyl (C=O) groups is 4. The summed E-state index contributed by atoms with van der Waals surface area (Å²) >= 11 is 9.96. The molecule has 60 heavy (non-hydrogen) atoms. The van der Waals surface area contributed by atoms with Crippen LogP contribution in [0, 0.1) is 39.6 Å². The number of ether oxygens (including phenoxy) is 2. The molecule has 0 bridgehead atoms. The van der Waals surface area contributed by atoms with Crippen LogP contribution >= 0.6 is 45.5 Å².